The molecule has 1 unspecified atom stereocenters. The van der Waals surface area contributed by atoms with Gasteiger partial charge >= 0.3 is 12.3 Å². The second-order valence-corrected chi connectivity index (χ2v) is 14.8. The number of alkyl halides is 3. The molecule has 5 rings (SSSR count). The standard InChI is InChI=1S/C32H36F3N5O5S/c1-31(2,3)45-30(42)39-24-17-29(41)40(19-24)28-16-21(14-15-36-28)20-4-9-25(10-5-20)46(43,44)26-11-7-23(8-12-26)38-27-13-6-22(18-37-27)32(33,34)35/h4-6,9-10,13-16,18,23-24,26H,7-8,11-12,17,19H2,1-3H3,(H,37,38)(H,39,42). The number of aromatic nitrogens is 2. The van der Waals surface area contributed by atoms with E-state index in [1.807, 2.05) is 0 Å². The number of amides is 2. The Morgan fingerprint density at radius 1 is 0.935 bits per heavy atom. The Morgan fingerprint density at radius 3 is 2.24 bits per heavy atom. The Labute approximate surface area is 265 Å². The number of anilines is 2. The molecule has 246 valence electrons. The van der Waals surface area contributed by atoms with Crippen molar-refractivity contribution in [2.24, 2.45) is 0 Å². The smallest absolute Gasteiger partial charge is 0.417 e. The van der Waals surface area contributed by atoms with Crippen LogP contribution in [0, 0.1) is 0 Å². The highest BCUT2D eigenvalue weighted by atomic mass is 32.2. The average Bonchev–Trinajstić information content (AvgIpc) is 3.35. The molecule has 1 saturated heterocycles. The Hall–Kier alpha value is -4.20. The molecule has 0 bridgehead atoms. The number of nitrogens with one attached hydrogen (secondary N) is 2. The van der Waals surface area contributed by atoms with Gasteiger partial charge in [-0.25, -0.2) is 23.2 Å². The average molecular weight is 660 g/mol. The number of benzene rings is 1. The molecule has 2 N–H and O–H groups in total. The number of rotatable bonds is 7. The molecule has 2 aliphatic rings. The van der Waals surface area contributed by atoms with Crippen LogP contribution in [0.5, 0.6) is 0 Å². The van der Waals surface area contributed by atoms with Gasteiger partial charge in [-0.05, 0) is 94.0 Å². The van der Waals surface area contributed by atoms with Gasteiger partial charge < -0.3 is 15.4 Å². The SMILES string of the molecule is CC(C)(C)OC(=O)NC1CC(=O)N(c2cc(-c3ccc(S(=O)(=O)C4CCC(Nc5ccc(C(F)(F)F)cn5)CC4)cc3)ccn2)C1. The molecule has 1 aliphatic carbocycles. The second kappa shape index (κ2) is 12.9. The molecule has 1 aromatic carbocycles. The number of carbonyl (C=O) groups excluding carboxylic acids is 2. The van der Waals surface area contributed by atoms with Gasteiger partial charge in [-0.15, -0.1) is 0 Å². The van der Waals surface area contributed by atoms with Crippen molar-refractivity contribution >= 4 is 33.5 Å². The third-order valence-corrected chi connectivity index (χ3v) is 10.2. The van der Waals surface area contributed by atoms with Crippen molar-refractivity contribution in [2.45, 2.75) is 86.9 Å². The maximum atomic E-state index is 13.4. The van der Waals surface area contributed by atoms with Crippen molar-refractivity contribution < 1.29 is 35.9 Å². The molecule has 2 aromatic heterocycles. The van der Waals surface area contributed by atoms with Gasteiger partial charge in [-0.1, -0.05) is 12.1 Å². The van der Waals surface area contributed by atoms with E-state index in [9.17, 15) is 31.2 Å². The predicted octanol–water partition coefficient (Wildman–Crippen LogP) is 5.99. The molecule has 0 spiro atoms. The van der Waals surface area contributed by atoms with Crippen molar-refractivity contribution in [3.05, 3.63) is 66.5 Å². The highest BCUT2D eigenvalue weighted by Crippen LogP contribution is 2.33. The summed E-state index contributed by atoms with van der Waals surface area (Å²) in [6.45, 7) is 5.52. The van der Waals surface area contributed by atoms with Crippen LogP contribution < -0.4 is 15.5 Å². The van der Waals surface area contributed by atoms with Gasteiger partial charge in [0.2, 0.25) is 5.91 Å². The van der Waals surface area contributed by atoms with Crippen LogP contribution in [0.15, 0.2) is 65.8 Å². The summed E-state index contributed by atoms with van der Waals surface area (Å²) >= 11 is 0. The maximum Gasteiger partial charge on any atom is 0.417 e. The van der Waals surface area contributed by atoms with Gasteiger partial charge in [-0.3, -0.25) is 9.69 Å². The van der Waals surface area contributed by atoms with Crippen LogP contribution in [0.25, 0.3) is 11.1 Å². The Morgan fingerprint density at radius 2 is 1.63 bits per heavy atom. The number of hydrogen-bond donors (Lipinski definition) is 2. The largest absolute Gasteiger partial charge is 0.444 e. The highest BCUT2D eigenvalue weighted by molar-refractivity contribution is 7.92. The lowest BCUT2D eigenvalue weighted by Crippen LogP contribution is -2.40. The number of carbonyl (C=O) groups is 2. The van der Waals surface area contributed by atoms with Crippen LogP contribution in [-0.2, 0) is 25.5 Å². The van der Waals surface area contributed by atoms with E-state index in [-0.39, 0.29) is 29.8 Å². The molecule has 46 heavy (non-hydrogen) atoms. The molecule has 2 fully saturated rings. The number of halogens is 3. The first-order chi connectivity index (χ1) is 21.6. The minimum atomic E-state index is -4.46. The first kappa shape index (κ1) is 33.2. The van der Waals surface area contributed by atoms with E-state index in [0.717, 1.165) is 23.4 Å². The third kappa shape index (κ3) is 7.95. The van der Waals surface area contributed by atoms with Crippen LogP contribution >= 0.6 is 0 Å². The fourth-order valence-corrected chi connectivity index (χ4v) is 7.44. The summed E-state index contributed by atoms with van der Waals surface area (Å²) in [6, 6.07) is 11.8. The normalized spacial score (nSPS) is 20.8. The molecule has 0 radical (unpaired) electrons. The second-order valence-electron chi connectivity index (χ2n) is 12.6. The molecular weight excluding hydrogens is 623 g/mol. The third-order valence-electron chi connectivity index (χ3n) is 7.94. The summed E-state index contributed by atoms with van der Waals surface area (Å²) in [5.74, 6) is 0.554. The monoisotopic (exact) mass is 659 g/mol. The van der Waals surface area contributed by atoms with Crippen LogP contribution in [0.4, 0.5) is 29.6 Å². The van der Waals surface area contributed by atoms with Gasteiger partial charge in [0.25, 0.3) is 0 Å². The first-order valence-corrected chi connectivity index (χ1v) is 16.5. The summed E-state index contributed by atoms with van der Waals surface area (Å²) in [5, 5.41) is 5.27. The summed E-state index contributed by atoms with van der Waals surface area (Å²) < 4.78 is 70.6. The highest BCUT2D eigenvalue weighted by Gasteiger charge is 2.35. The first-order valence-electron chi connectivity index (χ1n) is 15.0. The number of nitrogens with zero attached hydrogens (tertiary/aromatic N) is 3. The van der Waals surface area contributed by atoms with Crippen molar-refractivity contribution in [3.63, 3.8) is 0 Å². The van der Waals surface area contributed by atoms with Crippen molar-refractivity contribution in [2.75, 3.05) is 16.8 Å². The molecule has 1 atom stereocenters. The van der Waals surface area contributed by atoms with Gasteiger partial charge in [0, 0.05) is 31.4 Å². The lowest BCUT2D eigenvalue weighted by atomic mass is 9.95. The van der Waals surface area contributed by atoms with Crippen LogP contribution in [0.3, 0.4) is 0 Å². The number of pyridine rings is 2. The Bertz CT molecular complexity index is 1670. The predicted molar refractivity (Wildman–Crippen MR) is 166 cm³/mol. The quantitative estimate of drug-likeness (QED) is 0.317. The minimum Gasteiger partial charge on any atom is -0.444 e. The molecule has 1 aliphatic heterocycles. The summed E-state index contributed by atoms with van der Waals surface area (Å²) in [5.41, 5.74) is 0.00331. The lowest BCUT2D eigenvalue weighted by Gasteiger charge is -2.29. The summed E-state index contributed by atoms with van der Waals surface area (Å²) in [6.07, 6.45) is -0.702. The van der Waals surface area contributed by atoms with E-state index in [0.29, 0.717) is 37.3 Å². The molecule has 14 heteroatoms. The van der Waals surface area contributed by atoms with Crippen LogP contribution in [-0.4, -0.2) is 59.9 Å². The van der Waals surface area contributed by atoms with Gasteiger partial charge in [-0.2, -0.15) is 13.2 Å². The van der Waals surface area contributed by atoms with E-state index >= 15 is 0 Å². The zero-order chi connectivity index (χ0) is 33.3. The van der Waals surface area contributed by atoms with E-state index < -0.39 is 44.6 Å². The molecule has 3 heterocycles. The topological polar surface area (TPSA) is 131 Å². The summed E-state index contributed by atoms with van der Waals surface area (Å²) in [4.78, 5) is 34.8. The van der Waals surface area contributed by atoms with Gasteiger partial charge in [0.1, 0.15) is 17.2 Å². The van der Waals surface area contributed by atoms with Crippen LogP contribution in [0.1, 0.15) is 58.4 Å². The van der Waals surface area contributed by atoms with E-state index in [1.54, 1.807) is 63.4 Å². The molecule has 1 saturated carbocycles. The van der Waals surface area contributed by atoms with Crippen molar-refractivity contribution in [1.82, 2.24) is 15.3 Å². The minimum absolute atomic E-state index is 0.0928. The maximum absolute atomic E-state index is 13.4. The molecular formula is C32H36F3N5O5S. The fraction of sp³-hybridized carbons (Fsp3) is 0.438. The van der Waals surface area contributed by atoms with Crippen LogP contribution in [0.2, 0.25) is 0 Å². The molecule has 2 amide bonds. The summed E-state index contributed by atoms with van der Waals surface area (Å²) in [7, 11) is -3.61. The number of hydrogen-bond acceptors (Lipinski definition) is 8. The van der Waals surface area contributed by atoms with E-state index in [4.69, 9.17) is 4.74 Å². The molecule has 3 aromatic rings. The number of sulfone groups is 1. The van der Waals surface area contributed by atoms with Crippen molar-refractivity contribution in [1.29, 1.82) is 0 Å². The zero-order valence-electron chi connectivity index (χ0n) is 25.7. The molecule has 10 nitrogen and oxygen atoms in total. The fourth-order valence-electron chi connectivity index (χ4n) is 5.65. The Kier molecular flexibility index (Phi) is 9.30. The zero-order valence-corrected chi connectivity index (χ0v) is 26.5. The van der Waals surface area contributed by atoms with Gasteiger partial charge in [0.15, 0.2) is 9.84 Å². The van der Waals surface area contributed by atoms with E-state index in [2.05, 4.69) is 20.6 Å². The van der Waals surface area contributed by atoms with Gasteiger partial charge in [0.05, 0.1) is 21.8 Å². The Balaban J connectivity index is 1.18. The van der Waals surface area contributed by atoms with E-state index in [1.165, 1.54) is 11.0 Å². The number of ether oxygens (including phenoxy) is 1. The van der Waals surface area contributed by atoms with Crippen molar-refractivity contribution in [3.8, 4) is 11.1 Å². The lowest BCUT2D eigenvalue weighted by molar-refractivity contribution is -0.137. The number of alkyl carbamates (subject to hydrolysis) is 1.